The van der Waals surface area contributed by atoms with E-state index in [1.54, 1.807) is 49.9 Å². The standard InChI is InChI=1S/C36H36N6O3/c1-4-5-9-26-10-6-7-11-30(26)35(44)41-31-13-8-12-29(24(31)2)32-23-42(3)36(45)33(40-32)39-28-16-14-27(15-17-28)34(43)38-22-25-18-20-37-21-19-25/h6-8,10-21,23H,4-5,9,22H2,1-3H3,(H,38,43)(H,39,40)(H,41,44). The van der Waals surface area contributed by atoms with Gasteiger partial charge in [0.2, 0.25) is 0 Å². The average molecular weight is 601 g/mol. The van der Waals surface area contributed by atoms with E-state index in [2.05, 4.69) is 32.8 Å². The van der Waals surface area contributed by atoms with Crippen molar-refractivity contribution < 1.29 is 9.59 Å². The summed E-state index contributed by atoms with van der Waals surface area (Å²) in [6.45, 7) is 4.45. The highest BCUT2D eigenvalue weighted by Gasteiger charge is 2.16. The number of carbonyl (C=O) groups is 2. The quantitative estimate of drug-likeness (QED) is 0.161. The molecule has 3 aromatic carbocycles. The molecule has 0 atom stereocenters. The zero-order valence-corrected chi connectivity index (χ0v) is 25.6. The summed E-state index contributed by atoms with van der Waals surface area (Å²) in [5, 5.41) is 9.07. The second-order valence-electron chi connectivity index (χ2n) is 10.8. The fourth-order valence-electron chi connectivity index (χ4n) is 5.01. The number of anilines is 3. The number of rotatable bonds is 11. The molecule has 9 heteroatoms. The Balaban J connectivity index is 1.33. The molecule has 2 heterocycles. The average Bonchev–Trinajstić information content (AvgIpc) is 3.06. The highest BCUT2D eigenvalue weighted by molar-refractivity contribution is 6.06. The highest BCUT2D eigenvalue weighted by atomic mass is 16.2. The molecule has 0 bridgehead atoms. The van der Waals surface area contributed by atoms with Crippen molar-refractivity contribution in [2.45, 2.75) is 39.7 Å². The minimum atomic E-state index is -0.302. The summed E-state index contributed by atoms with van der Waals surface area (Å²) in [6.07, 6.45) is 7.95. The molecule has 0 saturated carbocycles. The fourth-order valence-corrected chi connectivity index (χ4v) is 5.01. The maximum atomic E-state index is 13.3. The number of hydrogen-bond donors (Lipinski definition) is 3. The predicted octanol–water partition coefficient (Wildman–Crippen LogP) is 6.42. The first-order valence-corrected chi connectivity index (χ1v) is 14.9. The molecule has 0 unspecified atom stereocenters. The summed E-state index contributed by atoms with van der Waals surface area (Å²) in [7, 11) is 1.67. The number of hydrogen-bond acceptors (Lipinski definition) is 6. The molecule has 2 amide bonds. The molecule has 0 aliphatic carbocycles. The van der Waals surface area contributed by atoms with E-state index in [0.717, 1.165) is 41.5 Å². The fraction of sp³-hybridized carbons (Fsp3) is 0.194. The molecule has 45 heavy (non-hydrogen) atoms. The van der Waals surface area contributed by atoms with Gasteiger partial charge in [-0.15, -0.1) is 0 Å². The maximum Gasteiger partial charge on any atom is 0.293 e. The maximum absolute atomic E-state index is 13.3. The monoisotopic (exact) mass is 600 g/mol. The zero-order chi connectivity index (χ0) is 31.8. The van der Waals surface area contributed by atoms with Gasteiger partial charge in [-0.05, 0) is 85.0 Å². The molecule has 228 valence electrons. The van der Waals surface area contributed by atoms with Crippen LogP contribution in [0.3, 0.4) is 0 Å². The summed E-state index contributed by atoms with van der Waals surface area (Å²) < 4.78 is 1.47. The van der Waals surface area contributed by atoms with Crippen LogP contribution in [0.15, 0.2) is 102 Å². The van der Waals surface area contributed by atoms with E-state index in [9.17, 15) is 14.4 Å². The van der Waals surface area contributed by atoms with Gasteiger partial charge >= 0.3 is 0 Å². The van der Waals surface area contributed by atoms with Gasteiger partial charge in [-0.3, -0.25) is 19.4 Å². The van der Waals surface area contributed by atoms with Crippen LogP contribution < -0.4 is 21.5 Å². The molecule has 9 nitrogen and oxygen atoms in total. The normalized spacial score (nSPS) is 10.7. The van der Waals surface area contributed by atoms with Crippen LogP contribution in [0.5, 0.6) is 0 Å². The van der Waals surface area contributed by atoms with Gasteiger partial charge in [-0.25, -0.2) is 4.98 Å². The van der Waals surface area contributed by atoms with E-state index < -0.39 is 0 Å². The van der Waals surface area contributed by atoms with Crippen molar-refractivity contribution in [2.24, 2.45) is 7.05 Å². The van der Waals surface area contributed by atoms with E-state index in [0.29, 0.717) is 34.7 Å². The number of carbonyl (C=O) groups excluding carboxylic acids is 2. The van der Waals surface area contributed by atoms with Crippen LogP contribution in [0.2, 0.25) is 0 Å². The topological polar surface area (TPSA) is 118 Å². The lowest BCUT2D eigenvalue weighted by molar-refractivity contribution is 0.0950. The molecular weight excluding hydrogens is 564 g/mol. The molecule has 0 saturated heterocycles. The van der Waals surface area contributed by atoms with Crippen LogP contribution in [-0.4, -0.2) is 26.3 Å². The zero-order valence-electron chi connectivity index (χ0n) is 25.6. The van der Waals surface area contributed by atoms with Gasteiger partial charge in [0.25, 0.3) is 17.4 Å². The second kappa shape index (κ2) is 14.3. The molecular formula is C36H36N6O3. The van der Waals surface area contributed by atoms with Crippen molar-refractivity contribution >= 4 is 29.0 Å². The number of aryl methyl sites for hydroxylation is 2. The molecule has 5 rings (SSSR count). The SMILES string of the molecule is CCCCc1ccccc1C(=O)Nc1cccc(-c2cn(C)c(=O)c(Nc3ccc(C(=O)NCc4ccncc4)cc3)n2)c1C. The van der Waals surface area contributed by atoms with Crippen molar-refractivity contribution in [1.82, 2.24) is 19.9 Å². The predicted molar refractivity (Wildman–Crippen MR) is 178 cm³/mol. The third-order valence-electron chi connectivity index (χ3n) is 7.60. The lowest BCUT2D eigenvalue weighted by Gasteiger charge is -2.15. The van der Waals surface area contributed by atoms with E-state index in [1.165, 1.54) is 4.57 Å². The van der Waals surface area contributed by atoms with Gasteiger partial charge in [-0.2, -0.15) is 0 Å². The number of amides is 2. The Kier molecular flexibility index (Phi) is 9.79. The molecule has 2 aromatic heterocycles. The number of nitrogens with zero attached hydrogens (tertiary/aromatic N) is 3. The van der Waals surface area contributed by atoms with Gasteiger partial charge in [0.05, 0.1) is 5.69 Å². The number of unbranched alkanes of at least 4 members (excludes halogenated alkanes) is 1. The van der Waals surface area contributed by atoms with Gasteiger partial charge in [0, 0.05) is 60.2 Å². The Morgan fingerprint density at radius 1 is 0.889 bits per heavy atom. The van der Waals surface area contributed by atoms with Crippen molar-refractivity contribution in [2.75, 3.05) is 10.6 Å². The molecule has 0 aliphatic heterocycles. The minimum Gasteiger partial charge on any atom is -0.348 e. The van der Waals surface area contributed by atoms with Gasteiger partial charge < -0.3 is 20.5 Å². The first kappa shape index (κ1) is 30.9. The Morgan fingerprint density at radius 3 is 2.40 bits per heavy atom. The molecule has 0 radical (unpaired) electrons. The van der Waals surface area contributed by atoms with E-state index in [4.69, 9.17) is 0 Å². The number of aromatic nitrogens is 3. The van der Waals surface area contributed by atoms with Crippen LogP contribution in [0.25, 0.3) is 11.3 Å². The van der Waals surface area contributed by atoms with Crippen LogP contribution in [0, 0.1) is 6.92 Å². The van der Waals surface area contributed by atoms with Crippen molar-refractivity contribution in [3.63, 3.8) is 0 Å². The molecule has 0 fully saturated rings. The Labute approximate surface area is 262 Å². The lowest BCUT2D eigenvalue weighted by atomic mass is 10.0. The van der Waals surface area contributed by atoms with Crippen LogP contribution in [-0.2, 0) is 20.0 Å². The second-order valence-corrected chi connectivity index (χ2v) is 10.8. The van der Waals surface area contributed by atoms with E-state index >= 15 is 0 Å². The molecule has 5 aromatic rings. The minimum absolute atomic E-state index is 0.142. The third-order valence-corrected chi connectivity index (χ3v) is 7.60. The summed E-state index contributed by atoms with van der Waals surface area (Å²) in [5.41, 5.74) is 6.31. The van der Waals surface area contributed by atoms with Gasteiger partial charge in [0.15, 0.2) is 5.82 Å². The first-order valence-electron chi connectivity index (χ1n) is 14.9. The summed E-state index contributed by atoms with van der Waals surface area (Å²) in [4.78, 5) is 47.6. The number of benzene rings is 3. The number of nitrogens with one attached hydrogen (secondary N) is 3. The van der Waals surface area contributed by atoms with Crippen LogP contribution in [0.4, 0.5) is 17.2 Å². The molecule has 0 aliphatic rings. The Morgan fingerprint density at radius 2 is 1.64 bits per heavy atom. The van der Waals surface area contributed by atoms with Crippen molar-refractivity contribution in [1.29, 1.82) is 0 Å². The first-order chi connectivity index (χ1) is 21.8. The molecule has 3 N–H and O–H groups in total. The van der Waals surface area contributed by atoms with E-state index in [-0.39, 0.29) is 23.2 Å². The number of pyridine rings is 1. The lowest BCUT2D eigenvalue weighted by Crippen LogP contribution is -2.23. The van der Waals surface area contributed by atoms with Crippen LogP contribution in [0.1, 0.15) is 57.2 Å². The van der Waals surface area contributed by atoms with Crippen molar-refractivity contribution in [3.8, 4) is 11.3 Å². The molecule has 0 spiro atoms. The highest BCUT2D eigenvalue weighted by Crippen LogP contribution is 2.28. The van der Waals surface area contributed by atoms with Gasteiger partial charge in [0.1, 0.15) is 0 Å². The third kappa shape index (κ3) is 7.51. The summed E-state index contributed by atoms with van der Waals surface area (Å²) in [5.74, 6) is -0.225. The van der Waals surface area contributed by atoms with Crippen molar-refractivity contribution in [3.05, 3.63) is 136 Å². The Hall–Kier alpha value is -5.57. The smallest absolute Gasteiger partial charge is 0.293 e. The summed E-state index contributed by atoms with van der Waals surface area (Å²) >= 11 is 0. The summed E-state index contributed by atoms with van der Waals surface area (Å²) in [6, 6.07) is 23.9. The largest absolute Gasteiger partial charge is 0.348 e. The van der Waals surface area contributed by atoms with Crippen LogP contribution >= 0.6 is 0 Å². The Bertz CT molecular complexity index is 1870. The van der Waals surface area contributed by atoms with E-state index in [1.807, 2.05) is 61.5 Å². The van der Waals surface area contributed by atoms with Gasteiger partial charge in [-0.1, -0.05) is 43.7 Å².